The molecule has 0 saturated carbocycles. The van der Waals surface area contributed by atoms with E-state index in [1.54, 1.807) is 0 Å². The summed E-state index contributed by atoms with van der Waals surface area (Å²) in [4.78, 5) is 0. The monoisotopic (exact) mass is 1000 g/mol. The number of aromatic hydroxyl groups is 2. The minimum absolute atomic E-state index is 0.103. The maximum atomic E-state index is 13.3. The molecule has 0 spiro atoms. The second-order valence-corrected chi connectivity index (χ2v) is 19.5. The second-order valence-electron chi connectivity index (χ2n) is 17.9. The van der Waals surface area contributed by atoms with Gasteiger partial charge in [0.1, 0.15) is 57.5 Å². The van der Waals surface area contributed by atoms with Crippen molar-refractivity contribution < 1.29 is 48.1 Å². The number of phenolic OH excluding ortho intramolecular Hbond substituents is 2. The Morgan fingerprint density at radius 1 is 0.359 bits per heavy atom. The van der Waals surface area contributed by atoms with Gasteiger partial charge in [-0.3, -0.25) is 0 Å². The van der Waals surface area contributed by atoms with E-state index in [9.17, 15) is 10.2 Å². The average molecular weight is 1010 g/mol. The molecule has 0 saturated heterocycles. The van der Waals surface area contributed by atoms with Crippen molar-refractivity contribution in [3.05, 3.63) is 77.7 Å². The quantitative estimate of drug-likeness (QED) is 0.105. The van der Waals surface area contributed by atoms with Crippen LogP contribution in [0, 0.1) is 0 Å². The smallest absolute Gasteiger partial charge is 0.230 e. The Labute approximate surface area is 394 Å². The Hall–Kier alpha value is -4.16. The summed E-state index contributed by atoms with van der Waals surface area (Å²) in [6, 6.07) is 7.84. The first-order valence-electron chi connectivity index (χ1n) is 23.8. The van der Waals surface area contributed by atoms with Crippen molar-refractivity contribution in [3.63, 3.8) is 0 Å². The third-order valence-electron chi connectivity index (χ3n) is 14.0. The molecule has 10 nitrogen and oxygen atoms in total. The van der Waals surface area contributed by atoms with E-state index in [1.807, 2.05) is 24.3 Å². The lowest BCUT2D eigenvalue weighted by Gasteiger charge is -2.37. The highest BCUT2D eigenvalue weighted by atomic mass is 79.9. The van der Waals surface area contributed by atoms with E-state index >= 15 is 0 Å². The first kappa shape index (κ1) is 45.0. The third kappa shape index (κ3) is 8.11. The zero-order valence-electron chi connectivity index (χ0n) is 37.7. The fourth-order valence-corrected chi connectivity index (χ4v) is 12.8. The highest BCUT2D eigenvalue weighted by Gasteiger charge is 2.43. The molecule has 2 N–H and O–H groups in total. The normalized spacial score (nSPS) is 19.7. The first-order valence-corrected chi connectivity index (χ1v) is 25.4. The zero-order chi connectivity index (χ0) is 44.5. The lowest BCUT2D eigenvalue weighted by Crippen LogP contribution is -2.23. The SMILES string of the molecule is CCCCC[C@@H]1c2c3cc4c(c2O)[C@H](CCCCC)c2c(cc5c(c2Br)[C@H](CCCCC)c2c(cc6c(c2O)[C@H](CCCCC)c2c(cc(c1c2Br)OCO3)OCO6)OCO5)OCO4. The molecule has 5 aliphatic rings. The van der Waals surface area contributed by atoms with Gasteiger partial charge < -0.3 is 48.1 Å². The molecule has 0 fully saturated rings. The fraction of sp³-hybridized carbons (Fsp3) is 0.538. The van der Waals surface area contributed by atoms with Crippen LogP contribution >= 0.6 is 31.9 Å². The first-order chi connectivity index (χ1) is 31.3. The summed E-state index contributed by atoms with van der Waals surface area (Å²) in [6.45, 7) is 8.41. The maximum Gasteiger partial charge on any atom is 0.230 e. The van der Waals surface area contributed by atoms with E-state index in [0.717, 1.165) is 134 Å². The molecule has 1 aliphatic carbocycles. The van der Waals surface area contributed by atoms with Crippen LogP contribution in [0.1, 0.15) is 199 Å². The highest BCUT2D eigenvalue weighted by Crippen LogP contribution is 2.62. The molecule has 4 aromatic carbocycles. The fourth-order valence-electron chi connectivity index (χ4n) is 10.9. The van der Waals surface area contributed by atoms with Crippen LogP contribution in [0.15, 0.2) is 33.2 Å². The average Bonchev–Trinajstić information content (AvgIpc) is 3.24. The van der Waals surface area contributed by atoms with Gasteiger partial charge in [-0.1, -0.05) is 105 Å². The molecule has 4 atom stereocenters. The van der Waals surface area contributed by atoms with Crippen molar-refractivity contribution >= 4 is 31.9 Å². The molecule has 0 aromatic heterocycles. The second kappa shape index (κ2) is 19.7. The van der Waals surface area contributed by atoms with E-state index in [2.05, 4.69) is 59.6 Å². The molecule has 4 aliphatic heterocycles. The maximum absolute atomic E-state index is 13.3. The van der Waals surface area contributed by atoms with Gasteiger partial charge in [-0.25, -0.2) is 0 Å². The molecule has 4 aromatic rings. The number of ether oxygens (including phenoxy) is 8. The number of unbranched alkanes of at least 4 members (excludes halogenated alkanes) is 8. The van der Waals surface area contributed by atoms with Gasteiger partial charge in [0.2, 0.25) is 27.2 Å². The van der Waals surface area contributed by atoms with Crippen molar-refractivity contribution in [2.75, 3.05) is 27.2 Å². The molecule has 344 valence electrons. The summed E-state index contributed by atoms with van der Waals surface area (Å²) >= 11 is 8.50. The number of hydrogen-bond donors (Lipinski definition) is 2. The van der Waals surface area contributed by atoms with Crippen molar-refractivity contribution in [1.29, 1.82) is 0 Å². The summed E-state index contributed by atoms with van der Waals surface area (Å²) in [6.07, 6.45) is 14.7. The Morgan fingerprint density at radius 2 is 0.562 bits per heavy atom. The molecule has 64 heavy (non-hydrogen) atoms. The molecular formula is C52H62Br2O10. The van der Waals surface area contributed by atoms with Gasteiger partial charge in [0.15, 0.2) is 0 Å². The van der Waals surface area contributed by atoms with Crippen LogP contribution in [-0.4, -0.2) is 37.4 Å². The summed E-state index contributed by atoms with van der Waals surface area (Å²) in [5.41, 5.74) is 6.54. The van der Waals surface area contributed by atoms with Gasteiger partial charge in [-0.05, 0) is 57.5 Å². The van der Waals surface area contributed by atoms with Crippen molar-refractivity contribution in [2.45, 2.75) is 154 Å². The van der Waals surface area contributed by atoms with E-state index in [1.165, 1.54) is 0 Å². The van der Waals surface area contributed by atoms with Gasteiger partial charge in [-0.2, -0.15) is 0 Å². The number of benzene rings is 4. The van der Waals surface area contributed by atoms with Gasteiger partial charge in [0, 0.05) is 101 Å². The van der Waals surface area contributed by atoms with Gasteiger partial charge >= 0.3 is 0 Å². The zero-order valence-corrected chi connectivity index (χ0v) is 40.8. The van der Waals surface area contributed by atoms with Crippen molar-refractivity contribution in [3.8, 4) is 57.5 Å². The highest BCUT2D eigenvalue weighted by molar-refractivity contribution is 9.11. The Kier molecular flexibility index (Phi) is 13.9. The van der Waals surface area contributed by atoms with Crippen molar-refractivity contribution in [1.82, 2.24) is 0 Å². The number of halogens is 2. The molecular weight excluding hydrogens is 944 g/mol. The molecule has 0 amide bonds. The lowest BCUT2D eigenvalue weighted by atomic mass is 9.75. The Morgan fingerprint density at radius 3 is 0.766 bits per heavy atom. The van der Waals surface area contributed by atoms with Gasteiger partial charge in [0.25, 0.3) is 0 Å². The van der Waals surface area contributed by atoms with Crippen LogP contribution in [0.5, 0.6) is 57.5 Å². The molecule has 8 bridgehead atoms. The minimum atomic E-state index is -0.354. The molecule has 0 radical (unpaired) electrons. The molecule has 0 unspecified atom stereocenters. The number of phenols is 2. The predicted octanol–water partition coefficient (Wildman–Crippen LogP) is 14.7. The third-order valence-corrected chi connectivity index (χ3v) is 15.7. The minimum Gasteiger partial charge on any atom is -0.507 e. The number of hydrogen-bond acceptors (Lipinski definition) is 10. The van der Waals surface area contributed by atoms with Gasteiger partial charge in [0.05, 0.1) is 0 Å². The van der Waals surface area contributed by atoms with Crippen LogP contribution in [-0.2, 0) is 0 Å². The summed E-state index contributed by atoms with van der Waals surface area (Å²) in [7, 11) is 0. The summed E-state index contributed by atoms with van der Waals surface area (Å²) in [5, 5.41) is 26.7. The van der Waals surface area contributed by atoms with Crippen LogP contribution in [0.25, 0.3) is 0 Å². The van der Waals surface area contributed by atoms with E-state index in [0.29, 0.717) is 68.2 Å². The van der Waals surface area contributed by atoms with E-state index < -0.39 is 0 Å². The van der Waals surface area contributed by atoms with Crippen LogP contribution in [0.2, 0.25) is 0 Å². The van der Waals surface area contributed by atoms with Crippen LogP contribution in [0.4, 0.5) is 0 Å². The van der Waals surface area contributed by atoms with Gasteiger partial charge in [-0.15, -0.1) is 0 Å². The van der Waals surface area contributed by atoms with Crippen molar-refractivity contribution in [2.24, 2.45) is 0 Å². The summed E-state index contributed by atoms with van der Waals surface area (Å²) in [5.74, 6) is 3.43. The Balaban J connectivity index is 1.45. The molecule has 9 rings (SSSR count). The lowest BCUT2D eigenvalue weighted by molar-refractivity contribution is 0.0973. The van der Waals surface area contributed by atoms with Crippen LogP contribution < -0.4 is 37.9 Å². The van der Waals surface area contributed by atoms with E-state index in [4.69, 9.17) is 37.9 Å². The Bertz CT molecular complexity index is 1920. The summed E-state index contributed by atoms with van der Waals surface area (Å²) < 4.78 is 54.1. The number of rotatable bonds is 16. The topological polar surface area (TPSA) is 114 Å². The largest absolute Gasteiger partial charge is 0.507 e. The predicted molar refractivity (Wildman–Crippen MR) is 253 cm³/mol. The molecule has 12 heteroatoms. The standard InChI is InChI=1S/C52H62Br2O10/c1-5-9-13-17-29-41-33-21-34-42(49(41)53)30(18-14-10-6-2)47-39(63-26-58-34)24-40-48(52(47)56)32(20-16-12-8-4)44-36(60-28-64-40)22-35-43(50(44)54)31(19-15-11-7-3)46-38(62-27-59-35)23-37(61-25-57-33)45(29)51(46)55/h21-24,29-32,55-56H,5-20,25-28H2,1-4H3/t29-,30+,31+,32-. The molecule has 4 heterocycles. The van der Waals surface area contributed by atoms with Crippen LogP contribution in [0.3, 0.4) is 0 Å². The van der Waals surface area contributed by atoms with E-state index in [-0.39, 0.29) is 62.3 Å².